The highest BCUT2D eigenvalue weighted by molar-refractivity contribution is 9.10. The van der Waals surface area contributed by atoms with Gasteiger partial charge >= 0.3 is 0 Å². The minimum absolute atomic E-state index is 0.624. The molecule has 1 fully saturated rings. The van der Waals surface area contributed by atoms with Crippen LogP contribution in [0, 0.1) is 25.7 Å². The van der Waals surface area contributed by atoms with Crippen LogP contribution >= 0.6 is 15.9 Å². The molecule has 3 unspecified atom stereocenters. The van der Waals surface area contributed by atoms with Crippen molar-refractivity contribution in [1.29, 1.82) is 0 Å². The second kappa shape index (κ2) is 5.64. The van der Waals surface area contributed by atoms with Gasteiger partial charge in [-0.25, -0.2) is 0 Å². The van der Waals surface area contributed by atoms with Crippen LogP contribution in [0.25, 0.3) is 0 Å². The first-order valence-electron chi connectivity index (χ1n) is 7.00. The van der Waals surface area contributed by atoms with Crippen LogP contribution in [0.2, 0.25) is 0 Å². The Kier molecular flexibility index (Phi) is 4.37. The van der Waals surface area contributed by atoms with Gasteiger partial charge < -0.3 is 5.32 Å². The molecule has 18 heavy (non-hydrogen) atoms. The fraction of sp³-hybridized carbons (Fsp3) is 0.625. The number of hydrogen-bond donors (Lipinski definition) is 1. The minimum atomic E-state index is 0.624. The van der Waals surface area contributed by atoms with Crippen LogP contribution < -0.4 is 5.32 Å². The topological polar surface area (TPSA) is 12.0 Å². The van der Waals surface area contributed by atoms with Gasteiger partial charge in [-0.15, -0.1) is 0 Å². The van der Waals surface area contributed by atoms with Crippen LogP contribution in [0.3, 0.4) is 0 Å². The largest absolute Gasteiger partial charge is 0.381 e. The summed E-state index contributed by atoms with van der Waals surface area (Å²) in [4.78, 5) is 0. The molecule has 1 aliphatic rings. The summed E-state index contributed by atoms with van der Waals surface area (Å²) in [7, 11) is 0. The SMILES string of the molecule is Cc1cc(C)c(NC2CCC(C)CC2C)c(Br)c1. The van der Waals surface area contributed by atoms with Crippen LogP contribution in [0.15, 0.2) is 16.6 Å². The molecule has 0 aliphatic heterocycles. The molecule has 0 spiro atoms. The predicted molar refractivity (Wildman–Crippen MR) is 83.2 cm³/mol. The number of anilines is 1. The van der Waals surface area contributed by atoms with Gasteiger partial charge in [0.1, 0.15) is 0 Å². The highest BCUT2D eigenvalue weighted by Crippen LogP contribution is 2.34. The third kappa shape index (κ3) is 3.09. The lowest BCUT2D eigenvalue weighted by molar-refractivity contribution is 0.276. The predicted octanol–water partition coefficient (Wildman–Crippen LogP) is 5.30. The van der Waals surface area contributed by atoms with Crippen molar-refractivity contribution in [3.63, 3.8) is 0 Å². The van der Waals surface area contributed by atoms with Gasteiger partial charge in [0.15, 0.2) is 0 Å². The Morgan fingerprint density at radius 3 is 2.50 bits per heavy atom. The Morgan fingerprint density at radius 2 is 1.89 bits per heavy atom. The van der Waals surface area contributed by atoms with E-state index in [1.54, 1.807) is 0 Å². The van der Waals surface area contributed by atoms with Crippen molar-refractivity contribution in [3.05, 3.63) is 27.7 Å². The number of nitrogens with one attached hydrogen (secondary N) is 1. The summed E-state index contributed by atoms with van der Waals surface area (Å²) < 4.78 is 1.20. The molecule has 0 heterocycles. The zero-order valence-electron chi connectivity index (χ0n) is 11.9. The summed E-state index contributed by atoms with van der Waals surface area (Å²) in [5.74, 6) is 1.65. The van der Waals surface area contributed by atoms with Crippen molar-refractivity contribution in [2.24, 2.45) is 11.8 Å². The first-order valence-corrected chi connectivity index (χ1v) is 7.80. The van der Waals surface area contributed by atoms with Crippen molar-refractivity contribution < 1.29 is 0 Å². The van der Waals surface area contributed by atoms with Crippen molar-refractivity contribution in [3.8, 4) is 0 Å². The molecule has 0 saturated heterocycles. The molecule has 2 heteroatoms. The van der Waals surface area contributed by atoms with E-state index in [4.69, 9.17) is 0 Å². The van der Waals surface area contributed by atoms with E-state index in [-0.39, 0.29) is 0 Å². The van der Waals surface area contributed by atoms with E-state index in [1.807, 2.05) is 0 Å². The van der Waals surface area contributed by atoms with Gasteiger partial charge in [0.25, 0.3) is 0 Å². The van der Waals surface area contributed by atoms with Crippen LogP contribution in [0.4, 0.5) is 5.69 Å². The summed E-state index contributed by atoms with van der Waals surface area (Å²) in [6.45, 7) is 9.09. The molecule has 1 N–H and O–H groups in total. The van der Waals surface area contributed by atoms with Gasteiger partial charge in [0.05, 0.1) is 5.69 Å². The molecule has 2 rings (SSSR count). The molecule has 1 saturated carbocycles. The number of hydrogen-bond acceptors (Lipinski definition) is 1. The van der Waals surface area contributed by atoms with E-state index in [2.05, 4.69) is 61.1 Å². The highest BCUT2D eigenvalue weighted by Gasteiger charge is 2.25. The van der Waals surface area contributed by atoms with E-state index >= 15 is 0 Å². The maximum absolute atomic E-state index is 3.77. The van der Waals surface area contributed by atoms with E-state index in [0.717, 1.165) is 11.8 Å². The number of halogens is 1. The molecule has 0 radical (unpaired) electrons. The maximum atomic E-state index is 3.77. The molecule has 1 aromatic carbocycles. The van der Waals surface area contributed by atoms with Crippen molar-refractivity contribution in [2.75, 3.05) is 5.32 Å². The molecule has 1 aromatic rings. The van der Waals surface area contributed by atoms with E-state index < -0.39 is 0 Å². The summed E-state index contributed by atoms with van der Waals surface area (Å²) in [6.07, 6.45) is 3.99. The Bertz CT molecular complexity index is 404. The third-order valence-electron chi connectivity index (χ3n) is 4.19. The average molecular weight is 310 g/mol. The monoisotopic (exact) mass is 309 g/mol. The summed E-state index contributed by atoms with van der Waals surface area (Å²) in [5.41, 5.74) is 3.94. The zero-order valence-corrected chi connectivity index (χ0v) is 13.5. The second-order valence-electron chi connectivity index (χ2n) is 6.08. The molecule has 0 bridgehead atoms. The van der Waals surface area contributed by atoms with Gasteiger partial charge in [0.2, 0.25) is 0 Å². The molecule has 3 atom stereocenters. The van der Waals surface area contributed by atoms with Crippen molar-refractivity contribution >= 4 is 21.6 Å². The average Bonchev–Trinajstić information content (AvgIpc) is 2.25. The lowest BCUT2D eigenvalue weighted by Gasteiger charge is -2.34. The van der Waals surface area contributed by atoms with Crippen LogP contribution in [-0.4, -0.2) is 6.04 Å². The molecule has 1 aliphatic carbocycles. The molecule has 1 nitrogen and oxygen atoms in total. The lowest BCUT2D eigenvalue weighted by Crippen LogP contribution is -2.33. The van der Waals surface area contributed by atoms with Crippen LogP contribution in [-0.2, 0) is 0 Å². The van der Waals surface area contributed by atoms with Gasteiger partial charge in [0, 0.05) is 10.5 Å². The molecule has 0 aromatic heterocycles. The minimum Gasteiger partial charge on any atom is -0.381 e. The Balaban J connectivity index is 2.14. The van der Waals surface area contributed by atoms with E-state index in [1.165, 1.54) is 40.5 Å². The van der Waals surface area contributed by atoms with Gasteiger partial charge in [-0.05, 0) is 78.1 Å². The Morgan fingerprint density at radius 1 is 1.17 bits per heavy atom. The highest BCUT2D eigenvalue weighted by atomic mass is 79.9. The summed E-state index contributed by atoms with van der Waals surface area (Å²) in [5, 5.41) is 3.77. The standard InChI is InChI=1S/C16H24BrN/c1-10-5-6-15(12(3)7-10)18-16-13(4)8-11(2)9-14(16)17/h8-10,12,15,18H,5-7H2,1-4H3. The molecular weight excluding hydrogens is 286 g/mol. The lowest BCUT2D eigenvalue weighted by atomic mass is 9.80. The normalized spacial score (nSPS) is 28.2. The summed E-state index contributed by atoms with van der Waals surface area (Å²) >= 11 is 3.69. The Hall–Kier alpha value is -0.500. The second-order valence-corrected chi connectivity index (χ2v) is 6.94. The Labute approximate surface area is 119 Å². The fourth-order valence-electron chi connectivity index (χ4n) is 3.16. The van der Waals surface area contributed by atoms with Crippen LogP contribution in [0.1, 0.15) is 44.2 Å². The molecule has 0 amide bonds. The number of aryl methyl sites for hydroxylation is 2. The van der Waals surface area contributed by atoms with E-state index in [9.17, 15) is 0 Å². The third-order valence-corrected chi connectivity index (χ3v) is 4.82. The number of benzene rings is 1. The molecule has 100 valence electrons. The van der Waals surface area contributed by atoms with Crippen LogP contribution in [0.5, 0.6) is 0 Å². The first-order chi connectivity index (χ1) is 8.47. The fourth-order valence-corrected chi connectivity index (χ4v) is 3.95. The smallest absolute Gasteiger partial charge is 0.0516 e. The summed E-state index contributed by atoms with van der Waals surface area (Å²) in [6, 6.07) is 5.08. The van der Waals surface area contributed by atoms with Crippen molar-refractivity contribution in [1.82, 2.24) is 0 Å². The zero-order chi connectivity index (χ0) is 13.3. The van der Waals surface area contributed by atoms with Crippen molar-refractivity contribution in [2.45, 2.75) is 53.0 Å². The first kappa shape index (κ1) is 13.9. The number of rotatable bonds is 2. The molecular formula is C16H24BrN. The quantitative estimate of drug-likeness (QED) is 0.781. The van der Waals surface area contributed by atoms with Gasteiger partial charge in [-0.2, -0.15) is 0 Å². The van der Waals surface area contributed by atoms with Gasteiger partial charge in [-0.1, -0.05) is 19.9 Å². The van der Waals surface area contributed by atoms with Gasteiger partial charge in [-0.3, -0.25) is 0 Å². The maximum Gasteiger partial charge on any atom is 0.0516 e. The van der Waals surface area contributed by atoms with E-state index in [0.29, 0.717) is 6.04 Å².